The van der Waals surface area contributed by atoms with Gasteiger partial charge in [-0.25, -0.2) is 0 Å². The Labute approximate surface area is 154 Å². The Morgan fingerprint density at radius 2 is 1.60 bits per heavy atom. The minimum Gasteiger partial charge on any atom is -0.462 e. The van der Waals surface area contributed by atoms with E-state index in [2.05, 4.69) is 13.8 Å². The first-order chi connectivity index (χ1) is 11.9. The third-order valence-electron chi connectivity index (χ3n) is 4.55. The van der Waals surface area contributed by atoms with Gasteiger partial charge >= 0.3 is 11.9 Å². The molecule has 0 aliphatic carbocycles. The summed E-state index contributed by atoms with van der Waals surface area (Å²) in [6, 6.07) is 0. The zero-order valence-corrected chi connectivity index (χ0v) is 17.0. The number of esters is 2. The number of rotatable bonds is 15. The van der Waals surface area contributed by atoms with Gasteiger partial charge in [-0.15, -0.1) is 0 Å². The van der Waals surface area contributed by atoms with Crippen LogP contribution in [0.2, 0.25) is 0 Å². The van der Waals surface area contributed by atoms with E-state index in [1.54, 1.807) is 0 Å². The highest BCUT2D eigenvalue weighted by Crippen LogP contribution is 2.18. The molecular formula is C20H39NO4. The normalized spacial score (nSPS) is 12.4. The highest BCUT2D eigenvalue weighted by atomic mass is 16.6. The lowest BCUT2D eigenvalue weighted by atomic mass is 9.95. The second-order valence-electron chi connectivity index (χ2n) is 7.14. The Morgan fingerprint density at radius 1 is 0.960 bits per heavy atom. The molecular weight excluding hydrogens is 318 g/mol. The number of carbonyl (C=O) groups excluding carboxylic acids is 2. The summed E-state index contributed by atoms with van der Waals surface area (Å²) in [6.45, 7) is 6.91. The van der Waals surface area contributed by atoms with Crippen LogP contribution in [0.4, 0.5) is 0 Å². The van der Waals surface area contributed by atoms with Crippen molar-refractivity contribution in [2.75, 3.05) is 27.2 Å². The number of hydrogen-bond donors (Lipinski definition) is 0. The standard InChI is InChI=1S/C20H39NO4/c1-6-18(7-2)12-9-8-10-13-19(16-24-17(3)22)25-20(23)14-11-15-21(4)5/h18-19H,6-16H2,1-5H3. The molecule has 0 aromatic carbocycles. The zero-order chi connectivity index (χ0) is 19.1. The molecule has 0 spiro atoms. The van der Waals surface area contributed by atoms with Crippen molar-refractivity contribution in [1.82, 2.24) is 4.90 Å². The van der Waals surface area contributed by atoms with Crippen molar-refractivity contribution in [3.05, 3.63) is 0 Å². The van der Waals surface area contributed by atoms with E-state index in [0.29, 0.717) is 6.42 Å². The molecule has 0 saturated heterocycles. The molecule has 1 unspecified atom stereocenters. The Bertz CT molecular complexity index is 354. The Kier molecular flexibility index (Phi) is 14.5. The van der Waals surface area contributed by atoms with E-state index in [4.69, 9.17) is 9.47 Å². The summed E-state index contributed by atoms with van der Waals surface area (Å²) in [5.41, 5.74) is 0. The smallest absolute Gasteiger partial charge is 0.306 e. The maximum absolute atomic E-state index is 12.0. The van der Waals surface area contributed by atoms with Crippen LogP contribution in [-0.2, 0) is 19.1 Å². The minimum absolute atomic E-state index is 0.168. The van der Waals surface area contributed by atoms with Crippen LogP contribution in [0.15, 0.2) is 0 Å². The first-order valence-electron chi connectivity index (χ1n) is 9.86. The lowest BCUT2D eigenvalue weighted by Gasteiger charge is -2.18. The summed E-state index contributed by atoms with van der Waals surface area (Å²) in [6.07, 6.45) is 8.73. The summed E-state index contributed by atoms with van der Waals surface area (Å²) in [7, 11) is 3.97. The third-order valence-corrected chi connectivity index (χ3v) is 4.55. The van der Waals surface area contributed by atoms with Crippen LogP contribution in [0, 0.1) is 5.92 Å². The molecule has 0 radical (unpaired) electrons. The fraction of sp³-hybridized carbons (Fsp3) is 0.900. The number of ether oxygens (including phenoxy) is 2. The molecule has 0 saturated carbocycles. The van der Waals surface area contributed by atoms with Gasteiger partial charge in [0.2, 0.25) is 0 Å². The number of unbranched alkanes of at least 4 members (excludes halogenated alkanes) is 2. The number of nitrogens with zero attached hydrogens (tertiary/aromatic N) is 1. The highest BCUT2D eigenvalue weighted by molar-refractivity contribution is 5.69. The Balaban J connectivity index is 4.11. The monoisotopic (exact) mass is 357 g/mol. The predicted molar refractivity (Wildman–Crippen MR) is 101 cm³/mol. The quantitative estimate of drug-likeness (QED) is 0.325. The molecule has 148 valence electrons. The molecule has 0 N–H and O–H groups in total. The van der Waals surface area contributed by atoms with Gasteiger partial charge < -0.3 is 14.4 Å². The van der Waals surface area contributed by atoms with Crippen LogP contribution >= 0.6 is 0 Å². The van der Waals surface area contributed by atoms with E-state index in [0.717, 1.165) is 38.1 Å². The molecule has 0 aromatic heterocycles. The molecule has 0 aliphatic rings. The molecule has 25 heavy (non-hydrogen) atoms. The third kappa shape index (κ3) is 14.9. The van der Waals surface area contributed by atoms with Gasteiger partial charge in [0.1, 0.15) is 12.7 Å². The average Bonchev–Trinajstić information content (AvgIpc) is 2.55. The van der Waals surface area contributed by atoms with Gasteiger partial charge in [-0.3, -0.25) is 9.59 Å². The van der Waals surface area contributed by atoms with E-state index in [9.17, 15) is 9.59 Å². The summed E-state index contributed by atoms with van der Waals surface area (Å²) in [4.78, 5) is 25.0. The van der Waals surface area contributed by atoms with E-state index in [1.165, 1.54) is 32.6 Å². The summed E-state index contributed by atoms with van der Waals surface area (Å²) in [5, 5.41) is 0. The molecule has 0 heterocycles. The van der Waals surface area contributed by atoms with Crippen molar-refractivity contribution in [3.8, 4) is 0 Å². The zero-order valence-electron chi connectivity index (χ0n) is 17.0. The average molecular weight is 358 g/mol. The summed E-state index contributed by atoms with van der Waals surface area (Å²) >= 11 is 0. The maximum Gasteiger partial charge on any atom is 0.306 e. The van der Waals surface area contributed by atoms with E-state index >= 15 is 0 Å². The summed E-state index contributed by atoms with van der Waals surface area (Å²) < 4.78 is 10.6. The van der Waals surface area contributed by atoms with Crippen molar-refractivity contribution < 1.29 is 19.1 Å². The van der Waals surface area contributed by atoms with Gasteiger partial charge in [-0.05, 0) is 45.8 Å². The maximum atomic E-state index is 12.0. The number of hydrogen-bond acceptors (Lipinski definition) is 5. The molecule has 0 aromatic rings. The van der Waals surface area contributed by atoms with Crippen molar-refractivity contribution in [3.63, 3.8) is 0 Å². The van der Waals surface area contributed by atoms with Crippen LogP contribution < -0.4 is 0 Å². The lowest BCUT2D eigenvalue weighted by Crippen LogP contribution is -2.25. The second-order valence-corrected chi connectivity index (χ2v) is 7.14. The van der Waals surface area contributed by atoms with Gasteiger partial charge in [0.25, 0.3) is 0 Å². The van der Waals surface area contributed by atoms with Gasteiger partial charge in [-0.1, -0.05) is 46.0 Å². The highest BCUT2D eigenvalue weighted by Gasteiger charge is 2.16. The van der Waals surface area contributed by atoms with E-state index in [1.807, 2.05) is 19.0 Å². The van der Waals surface area contributed by atoms with Crippen LogP contribution in [0.5, 0.6) is 0 Å². The van der Waals surface area contributed by atoms with E-state index in [-0.39, 0.29) is 24.6 Å². The molecule has 0 fully saturated rings. The van der Waals surface area contributed by atoms with Crippen LogP contribution in [0.1, 0.15) is 78.6 Å². The van der Waals surface area contributed by atoms with E-state index < -0.39 is 0 Å². The van der Waals surface area contributed by atoms with Crippen LogP contribution in [0.25, 0.3) is 0 Å². The van der Waals surface area contributed by atoms with Crippen molar-refractivity contribution >= 4 is 11.9 Å². The molecule has 0 rings (SSSR count). The van der Waals surface area contributed by atoms with Crippen LogP contribution in [0.3, 0.4) is 0 Å². The number of carbonyl (C=O) groups is 2. The molecule has 5 heteroatoms. The van der Waals surface area contributed by atoms with Crippen molar-refractivity contribution in [2.24, 2.45) is 5.92 Å². The minimum atomic E-state index is -0.331. The molecule has 0 amide bonds. The Hall–Kier alpha value is -1.10. The molecule has 0 bridgehead atoms. The van der Waals surface area contributed by atoms with Gasteiger partial charge in [0, 0.05) is 13.3 Å². The topological polar surface area (TPSA) is 55.8 Å². The predicted octanol–water partition coefficient (Wildman–Crippen LogP) is 4.19. The summed E-state index contributed by atoms with van der Waals surface area (Å²) in [5.74, 6) is 0.296. The largest absolute Gasteiger partial charge is 0.462 e. The fourth-order valence-corrected chi connectivity index (χ4v) is 2.85. The molecule has 1 atom stereocenters. The molecule has 0 aliphatic heterocycles. The molecule has 5 nitrogen and oxygen atoms in total. The Morgan fingerprint density at radius 3 is 2.16 bits per heavy atom. The van der Waals surface area contributed by atoms with Gasteiger partial charge in [-0.2, -0.15) is 0 Å². The van der Waals surface area contributed by atoms with Crippen molar-refractivity contribution in [2.45, 2.75) is 84.7 Å². The van der Waals surface area contributed by atoms with Crippen molar-refractivity contribution in [1.29, 1.82) is 0 Å². The second kappa shape index (κ2) is 15.2. The van der Waals surface area contributed by atoms with Crippen LogP contribution in [-0.4, -0.2) is 50.2 Å². The van der Waals surface area contributed by atoms with Gasteiger partial charge in [0.15, 0.2) is 0 Å². The van der Waals surface area contributed by atoms with Gasteiger partial charge in [0.05, 0.1) is 0 Å². The lowest BCUT2D eigenvalue weighted by molar-refractivity contribution is -0.158. The first kappa shape index (κ1) is 23.9. The SMILES string of the molecule is CCC(CC)CCCCCC(COC(C)=O)OC(=O)CCCN(C)C. The first-order valence-corrected chi connectivity index (χ1v) is 9.86. The fourth-order valence-electron chi connectivity index (χ4n) is 2.85.